The highest BCUT2D eigenvalue weighted by Crippen LogP contribution is 2.31. The number of nitrogens with two attached hydrogens (primary N) is 1. The molecule has 1 aromatic carbocycles. The molecule has 1 aromatic rings. The minimum Gasteiger partial charge on any atom is -0.497 e. The summed E-state index contributed by atoms with van der Waals surface area (Å²) in [6, 6.07) is 5.88. The van der Waals surface area contributed by atoms with Gasteiger partial charge >= 0.3 is 0 Å². The maximum atomic E-state index is 6.13. The number of ether oxygens (including phenoxy) is 2. The fraction of sp³-hybridized carbons (Fsp3) is 0.625. The van der Waals surface area contributed by atoms with Crippen molar-refractivity contribution in [2.24, 2.45) is 11.7 Å². The highest BCUT2D eigenvalue weighted by molar-refractivity contribution is 5.40. The smallest absolute Gasteiger partial charge is 0.124 e. The minimum atomic E-state index is 0.349. The summed E-state index contributed by atoms with van der Waals surface area (Å²) in [4.78, 5) is 0. The van der Waals surface area contributed by atoms with E-state index in [4.69, 9.17) is 15.2 Å². The average molecular weight is 263 g/mol. The van der Waals surface area contributed by atoms with Crippen molar-refractivity contribution in [2.45, 2.75) is 51.7 Å². The molecule has 1 fully saturated rings. The first-order chi connectivity index (χ1) is 9.26. The highest BCUT2D eigenvalue weighted by atomic mass is 16.5. The van der Waals surface area contributed by atoms with Gasteiger partial charge in [-0.2, -0.15) is 0 Å². The summed E-state index contributed by atoms with van der Waals surface area (Å²) in [5, 5.41) is 0. The van der Waals surface area contributed by atoms with Crippen molar-refractivity contribution in [3.8, 4) is 11.5 Å². The molecule has 0 bridgehead atoms. The molecule has 0 aromatic heterocycles. The fourth-order valence-corrected chi connectivity index (χ4v) is 2.79. The lowest BCUT2D eigenvalue weighted by molar-refractivity contribution is 0.128. The van der Waals surface area contributed by atoms with Gasteiger partial charge in [-0.1, -0.05) is 13.3 Å². The molecule has 2 N–H and O–H groups in total. The molecule has 0 atom stereocenters. The van der Waals surface area contributed by atoms with Crippen LogP contribution in [0.1, 0.15) is 44.6 Å². The Morgan fingerprint density at radius 1 is 1.21 bits per heavy atom. The van der Waals surface area contributed by atoms with Crippen LogP contribution in [0.3, 0.4) is 0 Å². The Bertz CT molecular complexity index is 398. The zero-order valence-electron chi connectivity index (χ0n) is 12.0. The molecule has 0 heterocycles. The van der Waals surface area contributed by atoms with E-state index in [9.17, 15) is 0 Å². The van der Waals surface area contributed by atoms with Crippen molar-refractivity contribution in [3.05, 3.63) is 23.8 Å². The lowest BCUT2D eigenvalue weighted by Gasteiger charge is -2.29. The third-order valence-electron chi connectivity index (χ3n) is 4.15. The van der Waals surface area contributed by atoms with E-state index in [0.717, 1.165) is 35.8 Å². The van der Waals surface area contributed by atoms with Gasteiger partial charge in [0.1, 0.15) is 11.5 Å². The second-order valence-electron chi connectivity index (χ2n) is 5.35. The van der Waals surface area contributed by atoms with E-state index in [-0.39, 0.29) is 0 Å². The van der Waals surface area contributed by atoms with Gasteiger partial charge < -0.3 is 15.2 Å². The van der Waals surface area contributed by atoms with Crippen molar-refractivity contribution in [1.82, 2.24) is 0 Å². The number of methoxy groups -OCH3 is 1. The summed E-state index contributed by atoms with van der Waals surface area (Å²) in [6.07, 6.45) is 6.54. The topological polar surface area (TPSA) is 44.5 Å². The van der Waals surface area contributed by atoms with E-state index < -0.39 is 0 Å². The van der Waals surface area contributed by atoms with E-state index in [0.29, 0.717) is 12.6 Å². The predicted octanol–water partition coefficient (Wildman–Crippen LogP) is 3.50. The zero-order chi connectivity index (χ0) is 13.7. The lowest BCUT2D eigenvalue weighted by Crippen LogP contribution is -2.24. The molecule has 0 unspecified atom stereocenters. The minimum absolute atomic E-state index is 0.349. The summed E-state index contributed by atoms with van der Waals surface area (Å²) in [5.41, 5.74) is 6.81. The molecule has 0 amide bonds. The maximum absolute atomic E-state index is 6.13. The Labute approximate surface area is 116 Å². The molecule has 2 rings (SSSR count). The largest absolute Gasteiger partial charge is 0.497 e. The summed E-state index contributed by atoms with van der Waals surface area (Å²) in [5.74, 6) is 2.65. The normalized spacial score (nSPS) is 23.1. The summed E-state index contributed by atoms with van der Waals surface area (Å²) in [6.45, 7) is 2.76. The number of hydrogen-bond donors (Lipinski definition) is 1. The summed E-state index contributed by atoms with van der Waals surface area (Å²) >= 11 is 0. The van der Waals surface area contributed by atoms with Crippen molar-refractivity contribution in [3.63, 3.8) is 0 Å². The van der Waals surface area contributed by atoms with Crippen LogP contribution in [0.2, 0.25) is 0 Å². The summed E-state index contributed by atoms with van der Waals surface area (Å²) < 4.78 is 11.4. The first kappa shape index (κ1) is 14.2. The highest BCUT2D eigenvalue weighted by Gasteiger charge is 2.21. The Morgan fingerprint density at radius 2 is 1.95 bits per heavy atom. The second kappa shape index (κ2) is 6.80. The SMILES string of the molecule is CCC1CCC(Oc2ccc(OC)cc2CN)CC1. The van der Waals surface area contributed by atoms with Gasteiger partial charge in [-0.3, -0.25) is 0 Å². The van der Waals surface area contributed by atoms with Crippen LogP contribution in [0.25, 0.3) is 0 Å². The molecule has 0 saturated heterocycles. The van der Waals surface area contributed by atoms with Crippen molar-refractivity contribution < 1.29 is 9.47 Å². The van der Waals surface area contributed by atoms with Gasteiger partial charge in [-0.05, 0) is 49.8 Å². The Balaban J connectivity index is 1.99. The number of hydrogen-bond acceptors (Lipinski definition) is 3. The van der Waals surface area contributed by atoms with Crippen LogP contribution in [-0.2, 0) is 6.54 Å². The van der Waals surface area contributed by atoms with Crippen LogP contribution >= 0.6 is 0 Å². The number of rotatable bonds is 5. The summed E-state index contributed by atoms with van der Waals surface area (Å²) in [7, 11) is 1.67. The average Bonchev–Trinajstić information content (AvgIpc) is 2.48. The van der Waals surface area contributed by atoms with Gasteiger partial charge in [-0.15, -0.1) is 0 Å². The first-order valence-electron chi connectivity index (χ1n) is 7.30. The standard InChI is InChI=1S/C16H25NO2/c1-3-12-4-6-14(7-5-12)19-16-9-8-15(18-2)10-13(16)11-17/h8-10,12,14H,3-7,11,17H2,1-2H3. The zero-order valence-corrected chi connectivity index (χ0v) is 12.0. The van der Waals surface area contributed by atoms with E-state index in [1.165, 1.54) is 19.3 Å². The van der Waals surface area contributed by atoms with Gasteiger partial charge in [0.05, 0.1) is 13.2 Å². The molecule has 0 radical (unpaired) electrons. The monoisotopic (exact) mass is 263 g/mol. The quantitative estimate of drug-likeness (QED) is 0.884. The molecule has 0 aliphatic heterocycles. The predicted molar refractivity (Wildman–Crippen MR) is 77.6 cm³/mol. The van der Waals surface area contributed by atoms with Crippen LogP contribution in [0, 0.1) is 5.92 Å². The Hall–Kier alpha value is -1.22. The Kier molecular flexibility index (Phi) is 5.08. The van der Waals surface area contributed by atoms with Gasteiger partial charge in [0.15, 0.2) is 0 Å². The van der Waals surface area contributed by atoms with Gasteiger partial charge in [-0.25, -0.2) is 0 Å². The van der Waals surface area contributed by atoms with Crippen molar-refractivity contribution >= 4 is 0 Å². The van der Waals surface area contributed by atoms with E-state index in [1.807, 2.05) is 18.2 Å². The third kappa shape index (κ3) is 3.63. The molecular weight excluding hydrogens is 238 g/mol. The molecule has 3 nitrogen and oxygen atoms in total. The van der Waals surface area contributed by atoms with Gasteiger partial charge in [0.2, 0.25) is 0 Å². The molecule has 0 spiro atoms. The van der Waals surface area contributed by atoms with Gasteiger partial charge in [0, 0.05) is 12.1 Å². The van der Waals surface area contributed by atoms with E-state index in [1.54, 1.807) is 7.11 Å². The maximum Gasteiger partial charge on any atom is 0.124 e. The second-order valence-corrected chi connectivity index (χ2v) is 5.35. The molecule has 106 valence electrons. The van der Waals surface area contributed by atoms with Gasteiger partial charge in [0.25, 0.3) is 0 Å². The van der Waals surface area contributed by atoms with E-state index in [2.05, 4.69) is 6.92 Å². The van der Waals surface area contributed by atoms with Crippen molar-refractivity contribution in [1.29, 1.82) is 0 Å². The molecule has 19 heavy (non-hydrogen) atoms. The molecule has 1 aliphatic carbocycles. The molecule has 1 aliphatic rings. The van der Waals surface area contributed by atoms with Crippen LogP contribution in [0.4, 0.5) is 0 Å². The molecule has 3 heteroatoms. The Morgan fingerprint density at radius 3 is 2.53 bits per heavy atom. The van der Waals surface area contributed by atoms with Crippen LogP contribution in [0.5, 0.6) is 11.5 Å². The van der Waals surface area contributed by atoms with Crippen LogP contribution < -0.4 is 15.2 Å². The molecule has 1 saturated carbocycles. The lowest BCUT2D eigenvalue weighted by atomic mass is 9.86. The third-order valence-corrected chi connectivity index (χ3v) is 4.15. The van der Waals surface area contributed by atoms with Crippen LogP contribution in [-0.4, -0.2) is 13.2 Å². The van der Waals surface area contributed by atoms with Crippen LogP contribution in [0.15, 0.2) is 18.2 Å². The van der Waals surface area contributed by atoms with Crippen molar-refractivity contribution in [2.75, 3.05) is 7.11 Å². The molecular formula is C16H25NO2. The van der Waals surface area contributed by atoms with E-state index >= 15 is 0 Å². The number of benzene rings is 1. The first-order valence-corrected chi connectivity index (χ1v) is 7.30. The fourth-order valence-electron chi connectivity index (χ4n) is 2.79.